The maximum absolute atomic E-state index is 12.3. The van der Waals surface area contributed by atoms with Gasteiger partial charge in [-0.25, -0.2) is 0 Å². The van der Waals surface area contributed by atoms with Crippen LogP contribution in [0.15, 0.2) is 59.4 Å². The molecular formula is C19H20N2O2. The van der Waals surface area contributed by atoms with Gasteiger partial charge in [-0.05, 0) is 36.6 Å². The fourth-order valence-electron chi connectivity index (χ4n) is 2.75. The van der Waals surface area contributed by atoms with Crippen LogP contribution in [0.25, 0.3) is 5.69 Å². The lowest BCUT2D eigenvalue weighted by Crippen LogP contribution is -2.07. The normalized spacial score (nSPS) is 10.9. The molecule has 0 aliphatic heterocycles. The predicted octanol–water partition coefficient (Wildman–Crippen LogP) is 2.60. The Kier molecular flexibility index (Phi) is 4.44. The van der Waals surface area contributed by atoms with Crippen molar-refractivity contribution < 1.29 is 5.11 Å². The van der Waals surface area contributed by atoms with Crippen LogP contribution in [-0.2, 0) is 12.8 Å². The van der Waals surface area contributed by atoms with Crippen LogP contribution >= 0.6 is 0 Å². The standard InChI is InChI=1S/C19H20N2O2/c1-14-18(13-16-9-7-15(8-10-16)11-12-22)19(23)20-21(14)17-5-3-2-4-6-17/h2-10,22H,11-13H2,1H3,(H,20,23). The third kappa shape index (κ3) is 3.27. The zero-order chi connectivity index (χ0) is 16.2. The van der Waals surface area contributed by atoms with E-state index in [1.54, 1.807) is 0 Å². The van der Waals surface area contributed by atoms with Crippen LogP contribution in [0.2, 0.25) is 0 Å². The van der Waals surface area contributed by atoms with Gasteiger partial charge in [0.2, 0.25) is 0 Å². The molecule has 4 heteroatoms. The van der Waals surface area contributed by atoms with E-state index < -0.39 is 0 Å². The van der Waals surface area contributed by atoms with Crippen molar-refractivity contribution >= 4 is 0 Å². The number of nitrogens with one attached hydrogen (secondary N) is 1. The molecule has 2 aromatic carbocycles. The Hall–Kier alpha value is -2.59. The molecule has 0 fully saturated rings. The van der Waals surface area contributed by atoms with Crippen LogP contribution in [0, 0.1) is 6.92 Å². The molecule has 0 saturated heterocycles. The first kappa shape index (κ1) is 15.3. The summed E-state index contributed by atoms with van der Waals surface area (Å²) in [5.41, 5.74) is 4.80. The van der Waals surface area contributed by atoms with Crippen LogP contribution in [0.3, 0.4) is 0 Å². The summed E-state index contributed by atoms with van der Waals surface area (Å²) >= 11 is 0. The molecule has 1 heterocycles. The maximum atomic E-state index is 12.3. The summed E-state index contributed by atoms with van der Waals surface area (Å²) in [4.78, 5) is 12.3. The fraction of sp³-hybridized carbons (Fsp3) is 0.211. The minimum atomic E-state index is -0.0502. The van der Waals surface area contributed by atoms with E-state index in [4.69, 9.17) is 5.11 Å². The molecule has 23 heavy (non-hydrogen) atoms. The fourth-order valence-corrected chi connectivity index (χ4v) is 2.75. The molecule has 118 valence electrons. The van der Waals surface area contributed by atoms with Crippen molar-refractivity contribution in [1.82, 2.24) is 9.78 Å². The van der Waals surface area contributed by atoms with Crippen molar-refractivity contribution in [3.8, 4) is 5.69 Å². The van der Waals surface area contributed by atoms with Gasteiger partial charge in [-0.2, -0.15) is 0 Å². The lowest BCUT2D eigenvalue weighted by Gasteiger charge is -2.06. The Morgan fingerprint density at radius 2 is 1.65 bits per heavy atom. The monoisotopic (exact) mass is 308 g/mol. The maximum Gasteiger partial charge on any atom is 0.268 e. The zero-order valence-corrected chi connectivity index (χ0v) is 13.1. The molecule has 0 spiro atoms. The number of aromatic amines is 1. The third-order valence-electron chi connectivity index (χ3n) is 4.08. The summed E-state index contributed by atoms with van der Waals surface area (Å²) in [7, 11) is 0. The summed E-state index contributed by atoms with van der Waals surface area (Å²) in [6, 6.07) is 17.8. The highest BCUT2D eigenvalue weighted by atomic mass is 16.2. The summed E-state index contributed by atoms with van der Waals surface area (Å²) < 4.78 is 1.83. The van der Waals surface area contributed by atoms with Crippen LogP contribution < -0.4 is 5.56 Å². The van der Waals surface area contributed by atoms with Gasteiger partial charge in [-0.15, -0.1) is 0 Å². The summed E-state index contributed by atoms with van der Waals surface area (Å²) in [5.74, 6) is 0. The number of hydrogen-bond acceptors (Lipinski definition) is 2. The van der Waals surface area contributed by atoms with Crippen molar-refractivity contribution in [1.29, 1.82) is 0 Å². The van der Waals surface area contributed by atoms with Crippen LogP contribution in [0.4, 0.5) is 0 Å². The van der Waals surface area contributed by atoms with E-state index in [0.717, 1.165) is 28.1 Å². The molecule has 3 rings (SSSR count). The Morgan fingerprint density at radius 1 is 1.00 bits per heavy atom. The highest BCUT2D eigenvalue weighted by molar-refractivity contribution is 5.36. The molecule has 0 aliphatic rings. The lowest BCUT2D eigenvalue weighted by molar-refractivity contribution is 0.299. The summed E-state index contributed by atoms with van der Waals surface area (Å²) in [5, 5.41) is 11.9. The number of aromatic nitrogens is 2. The molecule has 4 nitrogen and oxygen atoms in total. The Bertz CT molecular complexity index is 830. The van der Waals surface area contributed by atoms with Gasteiger partial charge in [0.05, 0.1) is 5.69 Å². The number of nitrogens with zero attached hydrogens (tertiary/aromatic N) is 1. The largest absolute Gasteiger partial charge is 0.396 e. The van der Waals surface area contributed by atoms with Crippen LogP contribution in [0.5, 0.6) is 0 Å². The highest BCUT2D eigenvalue weighted by Gasteiger charge is 2.12. The minimum Gasteiger partial charge on any atom is -0.396 e. The molecule has 0 radical (unpaired) electrons. The molecule has 2 N–H and O–H groups in total. The second kappa shape index (κ2) is 6.67. The smallest absolute Gasteiger partial charge is 0.268 e. The van der Waals surface area contributed by atoms with E-state index in [1.807, 2.05) is 66.2 Å². The second-order valence-corrected chi connectivity index (χ2v) is 5.64. The van der Waals surface area contributed by atoms with Crippen molar-refractivity contribution in [3.63, 3.8) is 0 Å². The van der Waals surface area contributed by atoms with Crippen LogP contribution in [0.1, 0.15) is 22.4 Å². The first-order valence-corrected chi connectivity index (χ1v) is 7.73. The van der Waals surface area contributed by atoms with E-state index in [1.165, 1.54) is 0 Å². The number of aliphatic hydroxyl groups excluding tert-OH is 1. The number of H-pyrrole nitrogens is 1. The van der Waals surface area contributed by atoms with Gasteiger partial charge in [0.15, 0.2) is 0 Å². The lowest BCUT2D eigenvalue weighted by atomic mass is 10.0. The zero-order valence-electron chi connectivity index (χ0n) is 13.1. The summed E-state index contributed by atoms with van der Waals surface area (Å²) in [6.07, 6.45) is 1.25. The molecule has 0 aliphatic carbocycles. The molecule has 1 aromatic heterocycles. The average Bonchev–Trinajstić information content (AvgIpc) is 2.86. The Morgan fingerprint density at radius 3 is 2.30 bits per heavy atom. The molecule has 3 aromatic rings. The van der Waals surface area contributed by atoms with Gasteiger partial charge in [0.25, 0.3) is 5.56 Å². The number of rotatable bonds is 5. The topological polar surface area (TPSA) is 58.0 Å². The molecule has 0 saturated carbocycles. The number of para-hydroxylation sites is 1. The van der Waals surface area contributed by atoms with Crippen molar-refractivity contribution in [2.75, 3.05) is 6.61 Å². The number of hydrogen-bond donors (Lipinski definition) is 2. The average molecular weight is 308 g/mol. The van der Waals surface area contributed by atoms with Gasteiger partial charge >= 0.3 is 0 Å². The van der Waals surface area contributed by atoms with Gasteiger partial charge in [-0.1, -0.05) is 42.5 Å². The molecule has 0 amide bonds. The minimum absolute atomic E-state index is 0.0502. The first-order chi connectivity index (χ1) is 11.2. The van der Waals surface area contributed by atoms with Crippen molar-refractivity contribution in [2.45, 2.75) is 19.8 Å². The summed E-state index contributed by atoms with van der Waals surface area (Å²) in [6.45, 7) is 2.11. The van der Waals surface area contributed by atoms with Gasteiger partial charge in [0.1, 0.15) is 0 Å². The van der Waals surface area contributed by atoms with E-state index in [0.29, 0.717) is 12.8 Å². The van der Waals surface area contributed by atoms with E-state index in [2.05, 4.69) is 5.10 Å². The van der Waals surface area contributed by atoms with Crippen molar-refractivity contribution in [3.05, 3.63) is 87.3 Å². The third-order valence-corrected chi connectivity index (χ3v) is 4.08. The van der Waals surface area contributed by atoms with E-state index in [9.17, 15) is 4.79 Å². The van der Waals surface area contributed by atoms with Crippen LogP contribution in [-0.4, -0.2) is 21.5 Å². The predicted molar refractivity (Wildman–Crippen MR) is 91.2 cm³/mol. The number of benzene rings is 2. The van der Waals surface area contributed by atoms with Gasteiger partial charge in [0, 0.05) is 24.3 Å². The number of aliphatic hydroxyl groups is 1. The Labute approximate surface area is 135 Å². The van der Waals surface area contributed by atoms with Crippen molar-refractivity contribution in [2.24, 2.45) is 0 Å². The van der Waals surface area contributed by atoms with E-state index >= 15 is 0 Å². The Balaban J connectivity index is 1.89. The SMILES string of the molecule is Cc1c(Cc2ccc(CCO)cc2)c(=O)[nH]n1-c1ccccc1. The molecule has 0 unspecified atom stereocenters. The van der Waals surface area contributed by atoms with E-state index in [-0.39, 0.29) is 12.2 Å². The second-order valence-electron chi connectivity index (χ2n) is 5.64. The molecular weight excluding hydrogens is 288 g/mol. The molecule has 0 bridgehead atoms. The first-order valence-electron chi connectivity index (χ1n) is 7.73. The quantitative estimate of drug-likeness (QED) is 0.761. The van der Waals surface area contributed by atoms with Gasteiger partial charge in [-0.3, -0.25) is 14.6 Å². The molecule has 0 atom stereocenters. The highest BCUT2D eigenvalue weighted by Crippen LogP contribution is 2.15. The van der Waals surface area contributed by atoms with Gasteiger partial charge < -0.3 is 5.11 Å².